The summed E-state index contributed by atoms with van der Waals surface area (Å²) in [5, 5.41) is 0. The van der Waals surface area contributed by atoms with Crippen molar-refractivity contribution in [1.29, 1.82) is 0 Å². The van der Waals surface area contributed by atoms with E-state index in [1.807, 2.05) is 0 Å². The second-order valence-electron chi connectivity index (χ2n) is 1.87. The molecule has 0 rings (SSSR count). The van der Waals surface area contributed by atoms with Gasteiger partial charge in [-0.25, -0.2) is 4.08 Å². The molecule has 0 aliphatic carbocycles. The second kappa shape index (κ2) is 2.21. The Balaban J connectivity index is 3.80. The first-order chi connectivity index (χ1) is 2.94. The molecule has 4 heteroatoms. The van der Waals surface area contributed by atoms with Gasteiger partial charge in [-0.05, 0) is 0 Å². The molecule has 0 fully saturated rings. The van der Waals surface area contributed by atoms with E-state index in [-0.39, 0.29) is 0 Å². The topological polar surface area (TPSA) is 20.3 Å². The summed E-state index contributed by atoms with van der Waals surface area (Å²) in [6.45, 7) is 0. The zero-order valence-corrected chi connectivity index (χ0v) is 6.93. The molecule has 7 heavy (non-hydrogen) atoms. The summed E-state index contributed by atoms with van der Waals surface area (Å²) in [6.07, 6.45) is 3.44. The monoisotopic (exact) mass is 141 g/mol. The first-order valence-electron chi connectivity index (χ1n) is 1.98. The first kappa shape index (κ1) is 7.54. The van der Waals surface area contributed by atoms with Crippen molar-refractivity contribution >= 4 is 19.5 Å². The van der Waals surface area contributed by atoms with E-state index in [9.17, 15) is 4.21 Å². The van der Waals surface area contributed by atoms with E-state index >= 15 is 0 Å². The third-order valence-electron chi connectivity index (χ3n) is 0.760. The molecule has 0 saturated carbocycles. The summed E-state index contributed by atoms with van der Waals surface area (Å²) in [5.41, 5.74) is 0. The Morgan fingerprint density at radius 2 is 1.71 bits per heavy atom. The van der Waals surface area contributed by atoms with Crippen molar-refractivity contribution in [1.82, 2.24) is 4.08 Å². The fraction of sp³-hybridized carbons (Fsp3) is 1.00. The van der Waals surface area contributed by atoms with Crippen LogP contribution >= 0.6 is 9.39 Å². The van der Waals surface area contributed by atoms with Gasteiger partial charge in [-0.15, -0.1) is 0 Å². The van der Waals surface area contributed by atoms with Gasteiger partial charge in [-0.3, -0.25) is 4.21 Å². The van der Waals surface area contributed by atoms with Crippen LogP contribution in [0.15, 0.2) is 0 Å². The van der Waals surface area contributed by atoms with Crippen molar-refractivity contribution in [2.75, 3.05) is 19.6 Å². The molecule has 0 aliphatic rings. The Bertz CT molecular complexity index is 97.1. The Morgan fingerprint density at radius 1 is 1.57 bits per heavy atom. The van der Waals surface area contributed by atoms with Gasteiger partial charge in [0.15, 0.2) is 0 Å². The highest BCUT2D eigenvalue weighted by Crippen LogP contribution is 2.04. The normalized spacial score (nSPS) is 15.0. The summed E-state index contributed by atoms with van der Waals surface area (Å²) in [7, 11) is 2.22. The van der Waals surface area contributed by atoms with Crippen molar-refractivity contribution in [2.45, 2.75) is 0 Å². The van der Waals surface area contributed by atoms with Crippen LogP contribution in [0.5, 0.6) is 0 Å². The SMILES string of the molecule is CN(P)[SH](C)(C)=O. The van der Waals surface area contributed by atoms with Gasteiger partial charge in [0.1, 0.15) is 0 Å². The minimum Gasteiger partial charge on any atom is -0.271 e. The molecule has 2 nitrogen and oxygen atoms in total. The highest BCUT2D eigenvalue weighted by atomic mass is 32.3. The van der Waals surface area contributed by atoms with Crippen LogP contribution in [-0.2, 0) is 10.1 Å². The maximum atomic E-state index is 10.8. The van der Waals surface area contributed by atoms with E-state index < -0.39 is 10.1 Å². The van der Waals surface area contributed by atoms with Crippen LogP contribution in [0.3, 0.4) is 0 Å². The minimum atomic E-state index is -1.94. The van der Waals surface area contributed by atoms with Gasteiger partial charge in [0, 0.05) is 19.6 Å². The average molecular weight is 141 g/mol. The molecule has 1 unspecified atom stereocenters. The average Bonchev–Trinajstić information content (AvgIpc) is 1.31. The fourth-order valence-corrected chi connectivity index (χ4v) is 0. The standard InChI is InChI=1S/C3H12NOPS/c1-4(6)7(2,3)5/h7H,6H2,1-3H3. The van der Waals surface area contributed by atoms with Gasteiger partial charge in [-0.1, -0.05) is 19.5 Å². The van der Waals surface area contributed by atoms with Crippen LogP contribution < -0.4 is 0 Å². The molecular weight excluding hydrogens is 129 g/mol. The third kappa shape index (κ3) is 3.15. The molecule has 1 atom stereocenters. The van der Waals surface area contributed by atoms with Crippen molar-refractivity contribution in [3.05, 3.63) is 0 Å². The molecule has 0 radical (unpaired) electrons. The quantitative estimate of drug-likeness (QED) is 0.399. The largest absolute Gasteiger partial charge is 0.271 e. The molecular formula is C3H12NOPS. The van der Waals surface area contributed by atoms with E-state index in [0.29, 0.717) is 0 Å². The first-order valence-corrected chi connectivity index (χ1v) is 5.05. The van der Waals surface area contributed by atoms with E-state index in [0.717, 1.165) is 0 Å². The molecule has 0 bridgehead atoms. The third-order valence-corrected chi connectivity index (χ3v) is 3.95. The smallest absolute Gasteiger partial charge is 0.00143 e. The van der Waals surface area contributed by atoms with E-state index in [1.165, 1.54) is 0 Å². The van der Waals surface area contributed by atoms with Gasteiger partial charge < -0.3 is 0 Å². The highest BCUT2D eigenvalue weighted by molar-refractivity contribution is 8.01. The van der Waals surface area contributed by atoms with Crippen LogP contribution in [0.25, 0.3) is 0 Å². The summed E-state index contributed by atoms with van der Waals surface area (Å²) in [5.74, 6) is 0. The molecule has 0 heterocycles. The van der Waals surface area contributed by atoms with Crippen LogP contribution in [0.1, 0.15) is 0 Å². The number of rotatable bonds is 1. The highest BCUT2D eigenvalue weighted by Gasteiger charge is 1.99. The molecule has 0 aliphatic heterocycles. The Morgan fingerprint density at radius 3 is 1.71 bits per heavy atom. The number of hydrogen-bond donors (Lipinski definition) is 1. The lowest BCUT2D eigenvalue weighted by Gasteiger charge is -2.19. The predicted molar refractivity (Wildman–Crippen MR) is 38.9 cm³/mol. The van der Waals surface area contributed by atoms with Crippen molar-refractivity contribution in [3.8, 4) is 0 Å². The van der Waals surface area contributed by atoms with Crippen LogP contribution in [0.4, 0.5) is 0 Å². The summed E-state index contributed by atoms with van der Waals surface area (Å²) < 4.78 is 12.5. The lowest BCUT2D eigenvalue weighted by Crippen LogP contribution is -2.21. The Kier molecular flexibility index (Phi) is 2.38. The Labute approximate surface area is 48.1 Å². The maximum absolute atomic E-state index is 10.8. The summed E-state index contributed by atoms with van der Waals surface area (Å²) in [4.78, 5) is 0. The maximum Gasteiger partial charge on any atom is 0.00143 e. The lowest BCUT2D eigenvalue weighted by atomic mass is 11.6. The van der Waals surface area contributed by atoms with E-state index in [2.05, 4.69) is 9.39 Å². The molecule has 0 N–H and O–H groups in total. The molecule has 0 aromatic rings. The van der Waals surface area contributed by atoms with Gasteiger partial charge >= 0.3 is 0 Å². The summed E-state index contributed by atoms with van der Waals surface area (Å²) >= 11 is 0. The second-order valence-corrected chi connectivity index (χ2v) is 6.30. The Hall–Kier alpha value is 0.540. The van der Waals surface area contributed by atoms with Gasteiger partial charge in [-0.2, -0.15) is 0 Å². The summed E-state index contributed by atoms with van der Waals surface area (Å²) in [6, 6.07) is 0. The number of hydrogen-bond acceptors (Lipinski definition) is 1. The van der Waals surface area contributed by atoms with E-state index in [1.54, 1.807) is 23.6 Å². The molecule has 0 spiro atoms. The van der Waals surface area contributed by atoms with Gasteiger partial charge in [0.2, 0.25) is 0 Å². The molecule has 0 saturated heterocycles. The van der Waals surface area contributed by atoms with Crippen LogP contribution in [0, 0.1) is 0 Å². The van der Waals surface area contributed by atoms with Crippen LogP contribution in [0.2, 0.25) is 0 Å². The van der Waals surface area contributed by atoms with Crippen molar-refractivity contribution in [3.63, 3.8) is 0 Å². The molecule has 0 amide bonds. The predicted octanol–water partition coefficient (Wildman–Crippen LogP) is -0.100. The zero-order chi connectivity index (χ0) is 6.08. The molecule has 0 aromatic carbocycles. The zero-order valence-electron chi connectivity index (χ0n) is 4.88. The van der Waals surface area contributed by atoms with Gasteiger partial charge in [0.05, 0.1) is 0 Å². The van der Waals surface area contributed by atoms with Crippen molar-refractivity contribution < 1.29 is 4.21 Å². The van der Waals surface area contributed by atoms with Crippen LogP contribution in [-0.4, -0.2) is 27.8 Å². The molecule has 0 aromatic heterocycles. The number of nitrogens with zero attached hydrogens (tertiary/aromatic N) is 1. The van der Waals surface area contributed by atoms with Crippen molar-refractivity contribution in [2.24, 2.45) is 0 Å². The number of thiol groups is 1. The lowest BCUT2D eigenvalue weighted by molar-refractivity contribution is 0.652. The minimum absolute atomic E-state index is 1.66. The molecule has 46 valence electrons. The van der Waals surface area contributed by atoms with E-state index in [4.69, 9.17) is 0 Å². The fourth-order valence-electron chi connectivity index (χ4n) is 0. The van der Waals surface area contributed by atoms with Gasteiger partial charge in [0.25, 0.3) is 0 Å².